The normalized spacial score (nSPS) is 10.9. The van der Waals surface area contributed by atoms with Gasteiger partial charge in [-0.05, 0) is 53.6 Å². The predicted molar refractivity (Wildman–Crippen MR) is 125 cm³/mol. The van der Waals surface area contributed by atoms with E-state index in [0.717, 1.165) is 0 Å². The number of hydrogen-bond acceptors (Lipinski definition) is 11. The molecule has 0 aliphatic rings. The zero-order valence-electron chi connectivity index (χ0n) is 19.1. The maximum absolute atomic E-state index is 13.0. The van der Waals surface area contributed by atoms with Crippen LogP contribution in [0.25, 0.3) is 17.1 Å². The SMILES string of the molecule is CCOc1ccc(-c2c(C(=O)N/N=C\c3ccc(OC)cc3OC)nnn2-c2nonc2N)cc1. The molecule has 0 spiro atoms. The molecule has 1 amide bonds. The minimum atomic E-state index is -0.612. The number of nitrogens with two attached hydrogens (primary N) is 1. The Kier molecular flexibility index (Phi) is 6.86. The zero-order valence-corrected chi connectivity index (χ0v) is 19.1. The van der Waals surface area contributed by atoms with E-state index in [9.17, 15) is 4.79 Å². The number of carbonyl (C=O) groups excluding carboxylic acids is 1. The van der Waals surface area contributed by atoms with Gasteiger partial charge >= 0.3 is 0 Å². The van der Waals surface area contributed by atoms with Crippen molar-refractivity contribution in [2.75, 3.05) is 26.6 Å². The standard InChI is InChI=1S/C22H22N8O5/c1-4-34-15-8-5-13(6-9-15)19-18(25-29-30(19)21-20(23)27-35-28-21)22(31)26-24-12-14-7-10-16(32-2)11-17(14)33-3/h5-12H,4H2,1-3H3,(H2,23,27)(H,26,31)/b24-12-. The molecular weight excluding hydrogens is 456 g/mol. The Hall–Kier alpha value is -4.94. The summed E-state index contributed by atoms with van der Waals surface area (Å²) in [6, 6.07) is 12.2. The fourth-order valence-electron chi connectivity index (χ4n) is 3.19. The van der Waals surface area contributed by atoms with Crippen LogP contribution >= 0.6 is 0 Å². The first-order chi connectivity index (χ1) is 17.0. The van der Waals surface area contributed by atoms with Crippen molar-refractivity contribution in [1.29, 1.82) is 0 Å². The third-order valence-corrected chi connectivity index (χ3v) is 4.83. The van der Waals surface area contributed by atoms with Crippen molar-refractivity contribution in [3.05, 3.63) is 53.7 Å². The molecule has 180 valence electrons. The molecule has 0 unspecified atom stereocenters. The molecule has 0 saturated heterocycles. The molecule has 0 radical (unpaired) electrons. The summed E-state index contributed by atoms with van der Waals surface area (Å²) in [5.74, 6) is 1.28. The van der Waals surface area contributed by atoms with Gasteiger partial charge in [-0.1, -0.05) is 5.21 Å². The lowest BCUT2D eigenvalue weighted by Gasteiger charge is -2.08. The topological polar surface area (TPSA) is 165 Å². The van der Waals surface area contributed by atoms with Crippen LogP contribution in [0.2, 0.25) is 0 Å². The molecule has 2 heterocycles. The van der Waals surface area contributed by atoms with Crippen molar-refractivity contribution in [2.24, 2.45) is 5.10 Å². The van der Waals surface area contributed by atoms with Crippen molar-refractivity contribution in [1.82, 2.24) is 30.7 Å². The summed E-state index contributed by atoms with van der Waals surface area (Å²) in [5.41, 5.74) is 9.82. The summed E-state index contributed by atoms with van der Waals surface area (Å²) in [6.07, 6.45) is 1.44. The van der Waals surface area contributed by atoms with Gasteiger partial charge in [-0.2, -0.15) is 9.78 Å². The second-order valence-electron chi connectivity index (χ2n) is 6.94. The van der Waals surface area contributed by atoms with Crippen LogP contribution in [0.4, 0.5) is 5.82 Å². The van der Waals surface area contributed by atoms with Gasteiger partial charge in [-0.15, -0.1) is 5.10 Å². The van der Waals surface area contributed by atoms with Gasteiger partial charge in [0.05, 0.1) is 27.0 Å². The van der Waals surface area contributed by atoms with Gasteiger partial charge in [0.2, 0.25) is 11.6 Å². The van der Waals surface area contributed by atoms with E-state index in [1.807, 2.05) is 6.92 Å². The van der Waals surface area contributed by atoms with Crippen LogP contribution in [-0.2, 0) is 0 Å². The Balaban J connectivity index is 1.65. The van der Waals surface area contributed by atoms with E-state index in [2.05, 4.69) is 35.8 Å². The maximum Gasteiger partial charge on any atom is 0.294 e. The smallest absolute Gasteiger partial charge is 0.294 e. The lowest BCUT2D eigenvalue weighted by molar-refractivity contribution is 0.0950. The summed E-state index contributed by atoms with van der Waals surface area (Å²) in [6.45, 7) is 2.41. The number of nitrogens with zero attached hydrogens (tertiary/aromatic N) is 6. The highest BCUT2D eigenvalue weighted by molar-refractivity contribution is 5.99. The molecule has 13 heteroatoms. The number of hydrazone groups is 1. The van der Waals surface area contributed by atoms with Crippen molar-refractivity contribution >= 4 is 17.9 Å². The lowest BCUT2D eigenvalue weighted by atomic mass is 10.1. The minimum absolute atomic E-state index is 0.0151. The number of ether oxygens (including phenoxy) is 3. The van der Waals surface area contributed by atoms with E-state index in [-0.39, 0.29) is 17.3 Å². The number of carbonyl (C=O) groups is 1. The van der Waals surface area contributed by atoms with Crippen LogP contribution in [-0.4, -0.2) is 58.3 Å². The van der Waals surface area contributed by atoms with Crippen LogP contribution in [0.5, 0.6) is 17.2 Å². The van der Waals surface area contributed by atoms with E-state index in [4.69, 9.17) is 19.9 Å². The Morgan fingerprint density at radius 1 is 1.14 bits per heavy atom. The van der Waals surface area contributed by atoms with Crippen LogP contribution in [0.3, 0.4) is 0 Å². The monoisotopic (exact) mass is 478 g/mol. The average molecular weight is 478 g/mol. The number of anilines is 1. The first kappa shape index (κ1) is 23.2. The molecule has 4 aromatic rings. The Morgan fingerprint density at radius 2 is 1.91 bits per heavy atom. The molecule has 13 nitrogen and oxygen atoms in total. The van der Waals surface area contributed by atoms with Gasteiger partial charge in [0, 0.05) is 17.2 Å². The maximum atomic E-state index is 13.0. The van der Waals surface area contributed by atoms with Crippen LogP contribution in [0, 0.1) is 0 Å². The fourth-order valence-corrected chi connectivity index (χ4v) is 3.19. The number of rotatable bonds is 9. The molecule has 0 aliphatic carbocycles. The third kappa shape index (κ3) is 4.88. The van der Waals surface area contributed by atoms with E-state index in [1.54, 1.807) is 49.6 Å². The second-order valence-corrected chi connectivity index (χ2v) is 6.94. The lowest BCUT2D eigenvalue weighted by Crippen LogP contribution is -2.19. The first-order valence-corrected chi connectivity index (χ1v) is 10.4. The van der Waals surface area contributed by atoms with Gasteiger partial charge < -0.3 is 19.9 Å². The van der Waals surface area contributed by atoms with Crippen LogP contribution in [0.1, 0.15) is 23.0 Å². The summed E-state index contributed by atoms with van der Waals surface area (Å²) < 4.78 is 22.0. The number of methoxy groups -OCH3 is 2. The fraction of sp³-hybridized carbons (Fsp3) is 0.182. The highest BCUT2D eigenvalue weighted by Crippen LogP contribution is 2.28. The van der Waals surface area contributed by atoms with E-state index >= 15 is 0 Å². The molecular formula is C22H22N8O5. The van der Waals surface area contributed by atoms with Gasteiger partial charge in [0.1, 0.15) is 22.9 Å². The number of aromatic nitrogens is 5. The van der Waals surface area contributed by atoms with Gasteiger partial charge in [-0.25, -0.2) is 10.1 Å². The number of benzene rings is 2. The zero-order chi connectivity index (χ0) is 24.8. The number of nitrogens with one attached hydrogen (secondary N) is 1. The van der Waals surface area contributed by atoms with Crippen LogP contribution < -0.4 is 25.4 Å². The van der Waals surface area contributed by atoms with E-state index < -0.39 is 5.91 Å². The Labute approximate surface area is 199 Å². The summed E-state index contributed by atoms with van der Waals surface area (Å²) in [5, 5.41) is 19.4. The molecule has 4 rings (SSSR count). The van der Waals surface area contributed by atoms with E-state index in [0.29, 0.717) is 40.7 Å². The van der Waals surface area contributed by atoms with Crippen molar-refractivity contribution in [3.8, 4) is 34.3 Å². The minimum Gasteiger partial charge on any atom is -0.497 e. The molecule has 0 bridgehead atoms. The molecule has 35 heavy (non-hydrogen) atoms. The molecule has 2 aromatic heterocycles. The molecule has 0 atom stereocenters. The van der Waals surface area contributed by atoms with Crippen molar-refractivity contribution in [2.45, 2.75) is 6.92 Å². The van der Waals surface area contributed by atoms with E-state index in [1.165, 1.54) is 18.0 Å². The average Bonchev–Trinajstić information content (AvgIpc) is 3.50. The summed E-state index contributed by atoms with van der Waals surface area (Å²) in [4.78, 5) is 13.0. The summed E-state index contributed by atoms with van der Waals surface area (Å²) >= 11 is 0. The predicted octanol–water partition coefficient (Wildman–Crippen LogP) is 2.08. The Morgan fingerprint density at radius 3 is 2.57 bits per heavy atom. The van der Waals surface area contributed by atoms with Gasteiger partial charge in [0.25, 0.3) is 5.91 Å². The van der Waals surface area contributed by atoms with Crippen molar-refractivity contribution < 1.29 is 23.6 Å². The first-order valence-electron chi connectivity index (χ1n) is 10.4. The van der Waals surface area contributed by atoms with Crippen LogP contribution in [0.15, 0.2) is 52.2 Å². The largest absolute Gasteiger partial charge is 0.497 e. The number of nitrogen functional groups attached to an aromatic ring is 1. The molecule has 0 aliphatic heterocycles. The highest BCUT2D eigenvalue weighted by atomic mass is 16.6. The molecule has 0 saturated carbocycles. The molecule has 3 N–H and O–H groups in total. The molecule has 0 fully saturated rings. The number of hydrogen-bond donors (Lipinski definition) is 2. The Bertz CT molecular complexity index is 1350. The van der Waals surface area contributed by atoms with Crippen molar-refractivity contribution in [3.63, 3.8) is 0 Å². The quantitative estimate of drug-likeness (QED) is 0.269. The highest BCUT2D eigenvalue weighted by Gasteiger charge is 2.25. The van der Waals surface area contributed by atoms with Gasteiger partial charge in [-0.3, -0.25) is 4.79 Å². The number of amides is 1. The summed E-state index contributed by atoms with van der Waals surface area (Å²) in [7, 11) is 3.08. The van der Waals surface area contributed by atoms with Gasteiger partial charge in [0.15, 0.2) is 5.69 Å². The second kappa shape index (κ2) is 10.3. The third-order valence-electron chi connectivity index (χ3n) is 4.83. The molecule has 2 aromatic carbocycles.